The smallest absolute Gasteiger partial charge is 0.226 e. The molecule has 1 aliphatic rings. The lowest BCUT2D eigenvalue weighted by molar-refractivity contribution is -0.119. The molecule has 3 aromatic rings. The van der Waals surface area contributed by atoms with E-state index in [1.54, 1.807) is 12.3 Å². The summed E-state index contributed by atoms with van der Waals surface area (Å²) in [6, 6.07) is 12.6. The standard InChI is InChI=1S/C22H22FN3O2/c1-28-25-12-14-8-9-20-19(11-14)17-6-3-7-18(22(24)27)21(17)26(20)13-15-4-2-5-16(23)10-15/h2,4-5,8-12,18H,3,6-7,13H2,1H3,(H2,24,27). The largest absolute Gasteiger partial charge is 0.399 e. The van der Waals surface area contributed by atoms with Crippen molar-refractivity contribution in [2.24, 2.45) is 10.9 Å². The summed E-state index contributed by atoms with van der Waals surface area (Å²) < 4.78 is 15.8. The molecular formula is C22H22FN3O2. The number of amides is 1. The maximum absolute atomic E-state index is 13.7. The molecule has 1 unspecified atom stereocenters. The Bertz CT molecular complexity index is 1070. The van der Waals surface area contributed by atoms with E-state index in [9.17, 15) is 9.18 Å². The van der Waals surface area contributed by atoms with E-state index in [1.807, 2.05) is 18.2 Å². The van der Waals surface area contributed by atoms with Crippen LogP contribution in [0.25, 0.3) is 10.9 Å². The average molecular weight is 379 g/mol. The molecule has 0 radical (unpaired) electrons. The number of fused-ring (bicyclic) bond motifs is 3. The van der Waals surface area contributed by atoms with Gasteiger partial charge < -0.3 is 15.1 Å². The lowest BCUT2D eigenvalue weighted by atomic mass is 9.86. The van der Waals surface area contributed by atoms with Gasteiger partial charge in [0, 0.05) is 23.1 Å². The summed E-state index contributed by atoms with van der Waals surface area (Å²) in [5.41, 5.74) is 10.6. The summed E-state index contributed by atoms with van der Waals surface area (Å²) in [5.74, 6) is -0.918. The zero-order valence-corrected chi connectivity index (χ0v) is 15.7. The molecule has 2 aromatic carbocycles. The number of hydrogen-bond donors (Lipinski definition) is 1. The Morgan fingerprint density at radius 1 is 1.36 bits per heavy atom. The second-order valence-corrected chi connectivity index (χ2v) is 7.12. The monoisotopic (exact) mass is 379 g/mol. The van der Waals surface area contributed by atoms with Gasteiger partial charge in [-0.05, 0) is 60.2 Å². The minimum Gasteiger partial charge on any atom is -0.399 e. The molecule has 1 atom stereocenters. The third-order valence-corrected chi connectivity index (χ3v) is 5.37. The fourth-order valence-corrected chi connectivity index (χ4v) is 4.20. The zero-order chi connectivity index (χ0) is 19.7. The minimum atomic E-state index is -0.333. The van der Waals surface area contributed by atoms with Crippen molar-refractivity contribution in [2.45, 2.75) is 31.7 Å². The number of nitrogens with two attached hydrogens (primary N) is 1. The molecule has 144 valence electrons. The van der Waals surface area contributed by atoms with Crippen molar-refractivity contribution in [3.63, 3.8) is 0 Å². The Morgan fingerprint density at radius 3 is 2.96 bits per heavy atom. The highest BCUT2D eigenvalue weighted by Crippen LogP contribution is 2.39. The van der Waals surface area contributed by atoms with Crippen LogP contribution < -0.4 is 5.73 Å². The summed E-state index contributed by atoms with van der Waals surface area (Å²) in [6.45, 7) is 0.485. The molecule has 1 amide bonds. The first-order chi connectivity index (χ1) is 13.6. The van der Waals surface area contributed by atoms with Crippen molar-refractivity contribution >= 4 is 23.0 Å². The van der Waals surface area contributed by atoms with Gasteiger partial charge in [0.1, 0.15) is 12.9 Å². The zero-order valence-electron chi connectivity index (χ0n) is 15.7. The van der Waals surface area contributed by atoms with Crippen LogP contribution in [0, 0.1) is 5.82 Å². The number of benzene rings is 2. The number of aryl methyl sites for hydroxylation is 1. The summed E-state index contributed by atoms with van der Waals surface area (Å²) in [7, 11) is 1.50. The van der Waals surface area contributed by atoms with E-state index in [2.05, 4.69) is 15.8 Å². The van der Waals surface area contributed by atoms with Crippen LogP contribution in [0.2, 0.25) is 0 Å². The molecule has 1 aromatic heterocycles. The minimum absolute atomic E-state index is 0.271. The molecule has 0 saturated heterocycles. The van der Waals surface area contributed by atoms with Crippen LogP contribution in [0.4, 0.5) is 4.39 Å². The lowest BCUT2D eigenvalue weighted by Crippen LogP contribution is -2.27. The molecule has 28 heavy (non-hydrogen) atoms. The molecular weight excluding hydrogens is 357 g/mol. The number of hydrogen-bond acceptors (Lipinski definition) is 3. The molecule has 4 rings (SSSR count). The van der Waals surface area contributed by atoms with Crippen molar-refractivity contribution in [3.8, 4) is 0 Å². The highest BCUT2D eigenvalue weighted by molar-refractivity contribution is 5.94. The molecule has 1 aliphatic carbocycles. The maximum Gasteiger partial charge on any atom is 0.226 e. The SMILES string of the molecule is CON=Cc1ccc2c(c1)c1c(n2Cc2cccc(F)c2)C(C(N)=O)CCC1. The topological polar surface area (TPSA) is 69.6 Å². The van der Waals surface area contributed by atoms with E-state index in [-0.39, 0.29) is 17.6 Å². The first-order valence-electron chi connectivity index (χ1n) is 9.34. The predicted octanol–water partition coefficient (Wildman–Crippen LogP) is 3.71. The Hall–Kier alpha value is -3.15. The summed E-state index contributed by atoms with van der Waals surface area (Å²) in [5, 5.41) is 4.92. The van der Waals surface area contributed by atoms with Gasteiger partial charge in [0.25, 0.3) is 0 Å². The van der Waals surface area contributed by atoms with Gasteiger partial charge in [0.2, 0.25) is 5.91 Å². The van der Waals surface area contributed by atoms with Crippen LogP contribution in [-0.4, -0.2) is 23.8 Å². The number of carbonyl (C=O) groups is 1. The maximum atomic E-state index is 13.7. The van der Waals surface area contributed by atoms with Gasteiger partial charge in [-0.15, -0.1) is 0 Å². The van der Waals surface area contributed by atoms with E-state index in [0.717, 1.165) is 52.5 Å². The number of oxime groups is 1. The molecule has 0 spiro atoms. The predicted molar refractivity (Wildman–Crippen MR) is 107 cm³/mol. The van der Waals surface area contributed by atoms with Gasteiger partial charge in [-0.1, -0.05) is 23.4 Å². The molecule has 2 N–H and O–H groups in total. The van der Waals surface area contributed by atoms with Crippen LogP contribution in [0.3, 0.4) is 0 Å². The van der Waals surface area contributed by atoms with Crippen LogP contribution in [0.1, 0.15) is 41.1 Å². The molecule has 1 heterocycles. The Kier molecular flexibility index (Phi) is 4.86. The number of halogens is 1. The second-order valence-electron chi connectivity index (χ2n) is 7.12. The van der Waals surface area contributed by atoms with E-state index in [0.29, 0.717) is 6.54 Å². The summed E-state index contributed by atoms with van der Waals surface area (Å²) >= 11 is 0. The van der Waals surface area contributed by atoms with Crippen molar-refractivity contribution in [1.29, 1.82) is 0 Å². The summed E-state index contributed by atoms with van der Waals surface area (Å²) in [4.78, 5) is 17.0. The van der Waals surface area contributed by atoms with Gasteiger partial charge in [0.05, 0.1) is 12.1 Å². The van der Waals surface area contributed by atoms with E-state index >= 15 is 0 Å². The van der Waals surface area contributed by atoms with E-state index in [1.165, 1.54) is 19.2 Å². The fourth-order valence-electron chi connectivity index (χ4n) is 4.20. The third-order valence-electron chi connectivity index (χ3n) is 5.37. The second kappa shape index (κ2) is 7.46. The number of carbonyl (C=O) groups excluding carboxylic acids is 1. The Labute approximate surface area is 162 Å². The highest BCUT2D eigenvalue weighted by Gasteiger charge is 2.31. The first-order valence-corrected chi connectivity index (χ1v) is 9.34. The number of rotatable bonds is 5. The van der Waals surface area contributed by atoms with Crippen molar-refractivity contribution in [2.75, 3.05) is 7.11 Å². The number of aromatic nitrogens is 1. The third kappa shape index (κ3) is 3.26. The molecule has 0 saturated carbocycles. The average Bonchev–Trinajstić information content (AvgIpc) is 2.99. The highest BCUT2D eigenvalue weighted by atomic mass is 19.1. The first kappa shape index (κ1) is 18.2. The molecule has 6 heteroatoms. The number of primary amides is 1. The van der Waals surface area contributed by atoms with Crippen molar-refractivity contribution < 1.29 is 14.0 Å². The van der Waals surface area contributed by atoms with Crippen LogP contribution >= 0.6 is 0 Å². The van der Waals surface area contributed by atoms with Crippen LogP contribution in [0.15, 0.2) is 47.6 Å². The normalized spacial score (nSPS) is 16.4. The lowest BCUT2D eigenvalue weighted by Gasteiger charge is -2.23. The van der Waals surface area contributed by atoms with Gasteiger partial charge in [-0.2, -0.15) is 0 Å². The molecule has 5 nitrogen and oxygen atoms in total. The van der Waals surface area contributed by atoms with Gasteiger partial charge >= 0.3 is 0 Å². The fraction of sp³-hybridized carbons (Fsp3) is 0.273. The van der Waals surface area contributed by atoms with Crippen molar-refractivity contribution in [3.05, 3.63) is 70.7 Å². The molecule has 0 bridgehead atoms. The van der Waals surface area contributed by atoms with Crippen LogP contribution in [-0.2, 0) is 22.6 Å². The molecule has 0 aliphatic heterocycles. The Balaban J connectivity index is 1.92. The van der Waals surface area contributed by atoms with Gasteiger partial charge in [-0.25, -0.2) is 4.39 Å². The number of nitrogens with zero attached hydrogens (tertiary/aromatic N) is 2. The van der Waals surface area contributed by atoms with Crippen LogP contribution in [0.5, 0.6) is 0 Å². The van der Waals surface area contributed by atoms with E-state index < -0.39 is 0 Å². The molecule has 0 fully saturated rings. The van der Waals surface area contributed by atoms with Gasteiger partial charge in [0.15, 0.2) is 0 Å². The van der Waals surface area contributed by atoms with E-state index in [4.69, 9.17) is 10.6 Å². The van der Waals surface area contributed by atoms with Gasteiger partial charge in [-0.3, -0.25) is 4.79 Å². The Morgan fingerprint density at radius 2 is 2.21 bits per heavy atom. The quantitative estimate of drug-likeness (QED) is 0.542. The summed E-state index contributed by atoms with van der Waals surface area (Å²) in [6.07, 6.45) is 4.19. The van der Waals surface area contributed by atoms with Crippen molar-refractivity contribution in [1.82, 2.24) is 4.57 Å².